The van der Waals surface area contributed by atoms with Gasteiger partial charge < -0.3 is 42.3 Å². The second kappa shape index (κ2) is 13.4. The van der Waals surface area contributed by atoms with Crippen LogP contribution in [0.25, 0.3) is 0 Å². The minimum Gasteiger partial charge on any atom is -0.508 e. The second-order valence-electron chi connectivity index (χ2n) is 9.67. The number of nitrogens with zero attached hydrogens (tertiary/aromatic N) is 1. The normalized spacial score (nSPS) is 16.9. The van der Waals surface area contributed by atoms with Crippen LogP contribution >= 0.6 is 0 Å². The highest BCUT2D eigenvalue weighted by molar-refractivity contribution is 5.96. The van der Waals surface area contributed by atoms with Gasteiger partial charge in [-0.3, -0.25) is 19.2 Å². The standard InChI is InChI=1S/C27H33N5O8/c28-19(12-15-3-7-17(33)8-4-15)24(36)30-20(13-16-5-9-18(34)10-6-16)25(37)31-21(14-23(29)35)26(38)32-11-1-2-22(32)27(39)40/h3-10,19-22,33-34H,1-2,11-14,28H2,(H2,29,35)(H,30,36)(H,31,37)(H,39,40). The number of carboxylic acids is 1. The van der Waals surface area contributed by atoms with E-state index in [1.165, 1.54) is 24.3 Å². The predicted molar refractivity (Wildman–Crippen MR) is 142 cm³/mol. The highest BCUT2D eigenvalue weighted by atomic mass is 16.4. The molecule has 4 unspecified atom stereocenters. The first-order valence-corrected chi connectivity index (χ1v) is 12.7. The third kappa shape index (κ3) is 8.17. The van der Waals surface area contributed by atoms with Crippen molar-refractivity contribution in [3.8, 4) is 11.5 Å². The Morgan fingerprint density at radius 3 is 1.90 bits per heavy atom. The predicted octanol–water partition coefficient (Wildman–Crippen LogP) is -0.869. The summed E-state index contributed by atoms with van der Waals surface area (Å²) >= 11 is 0. The Balaban J connectivity index is 1.79. The molecule has 0 aliphatic carbocycles. The lowest BCUT2D eigenvalue weighted by atomic mass is 10.0. The highest BCUT2D eigenvalue weighted by Gasteiger charge is 2.39. The van der Waals surface area contributed by atoms with Gasteiger partial charge in [0.15, 0.2) is 0 Å². The molecule has 2 aromatic rings. The number of carbonyl (C=O) groups is 5. The Kier molecular flexibility index (Phi) is 10.0. The molecule has 1 fully saturated rings. The van der Waals surface area contributed by atoms with Crippen molar-refractivity contribution in [2.24, 2.45) is 11.5 Å². The molecule has 1 aliphatic rings. The molecule has 0 spiro atoms. The second-order valence-corrected chi connectivity index (χ2v) is 9.67. The average molecular weight is 556 g/mol. The fraction of sp³-hybridized carbons (Fsp3) is 0.370. The van der Waals surface area contributed by atoms with Crippen LogP contribution in [-0.4, -0.2) is 80.5 Å². The molecule has 9 N–H and O–H groups in total. The number of primary amides is 1. The van der Waals surface area contributed by atoms with Crippen LogP contribution < -0.4 is 22.1 Å². The molecule has 13 nitrogen and oxygen atoms in total. The van der Waals surface area contributed by atoms with E-state index >= 15 is 0 Å². The third-order valence-electron chi connectivity index (χ3n) is 6.58. The van der Waals surface area contributed by atoms with E-state index in [2.05, 4.69) is 10.6 Å². The zero-order valence-corrected chi connectivity index (χ0v) is 21.7. The molecule has 13 heteroatoms. The molecule has 0 aromatic heterocycles. The molecular weight excluding hydrogens is 522 g/mol. The van der Waals surface area contributed by atoms with Gasteiger partial charge in [0.2, 0.25) is 23.6 Å². The highest BCUT2D eigenvalue weighted by Crippen LogP contribution is 2.20. The Morgan fingerprint density at radius 2 is 1.38 bits per heavy atom. The summed E-state index contributed by atoms with van der Waals surface area (Å²) in [6.07, 6.45) is 0.152. The molecule has 40 heavy (non-hydrogen) atoms. The van der Waals surface area contributed by atoms with Crippen molar-refractivity contribution >= 4 is 29.6 Å². The van der Waals surface area contributed by atoms with Gasteiger partial charge in [-0.2, -0.15) is 0 Å². The number of aliphatic carboxylic acids is 1. The maximum atomic E-state index is 13.4. The van der Waals surface area contributed by atoms with Crippen LogP contribution in [0.15, 0.2) is 48.5 Å². The first-order chi connectivity index (χ1) is 18.9. The zero-order valence-electron chi connectivity index (χ0n) is 21.7. The molecule has 4 amide bonds. The molecule has 0 bridgehead atoms. The maximum absolute atomic E-state index is 13.4. The molecule has 0 radical (unpaired) electrons. The van der Waals surface area contributed by atoms with E-state index in [4.69, 9.17) is 11.5 Å². The Hall–Kier alpha value is -4.65. The monoisotopic (exact) mass is 555 g/mol. The van der Waals surface area contributed by atoms with Gasteiger partial charge in [0.05, 0.1) is 12.5 Å². The van der Waals surface area contributed by atoms with E-state index in [9.17, 15) is 39.3 Å². The van der Waals surface area contributed by atoms with Crippen molar-refractivity contribution in [3.05, 3.63) is 59.7 Å². The Morgan fingerprint density at radius 1 is 0.850 bits per heavy atom. The van der Waals surface area contributed by atoms with Gasteiger partial charge in [-0.15, -0.1) is 0 Å². The van der Waals surface area contributed by atoms with Crippen LogP contribution in [0.4, 0.5) is 0 Å². The van der Waals surface area contributed by atoms with Crippen LogP contribution in [0.1, 0.15) is 30.4 Å². The number of hydrogen-bond acceptors (Lipinski definition) is 8. The molecular formula is C27H33N5O8. The van der Waals surface area contributed by atoms with Crippen molar-refractivity contribution in [1.29, 1.82) is 0 Å². The number of phenols is 2. The van der Waals surface area contributed by atoms with Crippen molar-refractivity contribution in [1.82, 2.24) is 15.5 Å². The van der Waals surface area contributed by atoms with Crippen molar-refractivity contribution in [2.45, 2.75) is 56.3 Å². The first-order valence-electron chi connectivity index (χ1n) is 12.7. The van der Waals surface area contributed by atoms with Gasteiger partial charge in [0, 0.05) is 13.0 Å². The average Bonchev–Trinajstić information content (AvgIpc) is 3.40. The number of nitrogens with two attached hydrogens (primary N) is 2. The van der Waals surface area contributed by atoms with E-state index in [0.29, 0.717) is 17.5 Å². The fourth-order valence-corrected chi connectivity index (χ4v) is 4.50. The van der Waals surface area contributed by atoms with E-state index < -0.39 is 60.2 Å². The number of aromatic hydroxyl groups is 2. The van der Waals surface area contributed by atoms with E-state index in [1.54, 1.807) is 24.3 Å². The number of rotatable bonds is 12. The number of amides is 4. The van der Waals surface area contributed by atoms with Crippen LogP contribution in [-0.2, 0) is 36.8 Å². The minimum absolute atomic E-state index is 0.00424. The lowest BCUT2D eigenvalue weighted by Crippen LogP contribution is -2.58. The number of nitrogens with one attached hydrogen (secondary N) is 2. The largest absolute Gasteiger partial charge is 0.508 e. The summed E-state index contributed by atoms with van der Waals surface area (Å²) in [5.41, 5.74) is 12.6. The number of carbonyl (C=O) groups excluding carboxylic acids is 4. The smallest absolute Gasteiger partial charge is 0.326 e. The zero-order chi connectivity index (χ0) is 29.4. The summed E-state index contributed by atoms with van der Waals surface area (Å²) in [5, 5.41) is 33.6. The van der Waals surface area contributed by atoms with Crippen molar-refractivity contribution in [3.63, 3.8) is 0 Å². The number of hydrogen-bond donors (Lipinski definition) is 7. The van der Waals surface area contributed by atoms with Crippen LogP contribution in [0, 0.1) is 0 Å². The van der Waals surface area contributed by atoms with Gasteiger partial charge in [0.1, 0.15) is 29.6 Å². The van der Waals surface area contributed by atoms with Crippen LogP contribution in [0.2, 0.25) is 0 Å². The van der Waals surface area contributed by atoms with Crippen LogP contribution in [0.5, 0.6) is 11.5 Å². The number of likely N-dealkylation sites (tertiary alicyclic amines) is 1. The number of carboxylic acid groups (broad SMARTS) is 1. The topological polar surface area (TPSA) is 225 Å². The quantitative estimate of drug-likeness (QED) is 0.172. The van der Waals surface area contributed by atoms with Gasteiger partial charge >= 0.3 is 5.97 Å². The Labute approximate surface area is 230 Å². The molecule has 4 atom stereocenters. The van der Waals surface area contributed by atoms with E-state index in [-0.39, 0.29) is 37.3 Å². The summed E-state index contributed by atoms with van der Waals surface area (Å²) in [7, 11) is 0. The SMILES string of the molecule is NC(=O)CC(NC(=O)C(Cc1ccc(O)cc1)NC(=O)C(N)Cc1ccc(O)cc1)C(=O)N1CCCC1C(=O)O. The lowest BCUT2D eigenvalue weighted by Gasteiger charge is -2.28. The summed E-state index contributed by atoms with van der Waals surface area (Å²) in [6.45, 7) is 0.140. The molecule has 2 aromatic carbocycles. The molecule has 0 saturated carbocycles. The van der Waals surface area contributed by atoms with Gasteiger partial charge in [0.25, 0.3) is 0 Å². The summed E-state index contributed by atoms with van der Waals surface area (Å²) in [4.78, 5) is 64.0. The Bertz CT molecular complexity index is 1230. The van der Waals surface area contributed by atoms with Gasteiger partial charge in [-0.25, -0.2) is 4.79 Å². The molecule has 3 rings (SSSR count). The summed E-state index contributed by atoms with van der Waals surface area (Å²) < 4.78 is 0. The molecule has 1 saturated heterocycles. The van der Waals surface area contributed by atoms with Crippen molar-refractivity contribution < 1.29 is 39.3 Å². The summed E-state index contributed by atoms with van der Waals surface area (Å²) in [6, 6.07) is 7.15. The minimum atomic E-state index is -1.45. The third-order valence-corrected chi connectivity index (χ3v) is 6.58. The molecule has 1 aliphatic heterocycles. The maximum Gasteiger partial charge on any atom is 0.326 e. The number of phenolic OH excluding ortho intramolecular Hbond substituents is 2. The molecule has 214 valence electrons. The fourth-order valence-electron chi connectivity index (χ4n) is 4.50. The molecule has 1 heterocycles. The van der Waals surface area contributed by atoms with E-state index in [1.807, 2.05) is 0 Å². The van der Waals surface area contributed by atoms with Gasteiger partial charge in [-0.05, 0) is 54.7 Å². The first kappa shape index (κ1) is 29.9. The number of benzene rings is 2. The van der Waals surface area contributed by atoms with Gasteiger partial charge in [-0.1, -0.05) is 24.3 Å². The van der Waals surface area contributed by atoms with E-state index in [0.717, 1.165) is 4.90 Å². The van der Waals surface area contributed by atoms with Crippen molar-refractivity contribution in [2.75, 3.05) is 6.54 Å². The lowest BCUT2D eigenvalue weighted by molar-refractivity contribution is -0.149. The van der Waals surface area contributed by atoms with Crippen LogP contribution in [0.3, 0.4) is 0 Å². The summed E-state index contributed by atoms with van der Waals surface area (Å²) in [5.74, 6) is -4.30.